The van der Waals surface area contributed by atoms with Crippen molar-refractivity contribution in [2.75, 3.05) is 13.2 Å². The van der Waals surface area contributed by atoms with Gasteiger partial charge < -0.3 is 14.6 Å². The quantitative estimate of drug-likeness (QED) is 0.0444. The molecule has 0 unspecified atom stereocenters. The molecule has 45 heavy (non-hydrogen) atoms. The molecule has 1 N–H and O–H groups in total. The SMILES string of the molecule is CCCCC/C=C\C/C=C\C/C=C\C/C=C\CCCC(=O)O[C@@H](CO)COC(=O)CCCCCCCCCCCCCCCC. The second-order valence-corrected chi connectivity index (χ2v) is 12.3. The van der Waals surface area contributed by atoms with Crippen molar-refractivity contribution < 1.29 is 24.2 Å². The molecular formula is C40H70O5. The second kappa shape index (κ2) is 36.3. The molecule has 0 aliphatic rings. The third kappa shape index (κ3) is 34.6. The van der Waals surface area contributed by atoms with Crippen LogP contribution in [0.1, 0.15) is 174 Å². The lowest BCUT2D eigenvalue weighted by Gasteiger charge is -2.15. The van der Waals surface area contributed by atoms with Crippen molar-refractivity contribution >= 4 is 11.9 Å². The van der Waals surface area contributed by atoms with Crippen molar-refractivity contribution in [1.29, 1.82) is 0 Å². The lowest BCUT2D eigenvalue weighted by molar-refractivity contribution is -0.161. The highest BCUT2D eigenvalue weighted by molar-refractivity contribution is 5.70. The summed E-state index contributed by atoms with van der Waals surface area (Å²) in [6.45, 7) is 4.06. The number of carbonyl (C=O) groups excluding carboxylic acids is 2. The Morgan fingerprint density at radius 1 is 0.511 bits per heavy atom. The average molecular weight is 631 g/mol. The Hall–Kier alpha value is -2.14. The molecule has 0 rings (SSSR count). The minimum absolute atomic E-state index is 0.0865. The van der Waals surface area contributed by atoms with Crippen LogP contribution in [0.5, 0.6) is 0 Å². The lowest BCUT2D eigenvalue weighted by atomic mass is 10.0. The summed E-state index contributed by atoms with van der Waals surface area (Å²) >= 11 is 0. The molecule has 0 saturated heterocycles. The van der Waals surface area contributed by atoms with Crippen LogP contribution in [0.2, 0.25) is 0 Å². The standard InChI is InChI=1S/C40H70O5/c1-3-5-7-9-11-13-15-17-19-20-21-23-25-27-29-31-33-35-40(43)45-38(36-41)37-44-39(42)34-32-30-28-26-24-22-18-16-14-12-10-8-6-4-2/h11,13,17,19,21,23,27,29,38,41H,3-10,12,14-16,18,20,22,24-26,28,30-37H2,1-2H3/b13-11-,19-17-,23-21-,29-27-/t38-/m0/s1. The van der Waals surface area contributed by atoms with E-state index in [9.17, 15) is 14.7 Å². The Balaban J connectivity index is 3.67. The molecule has 1 atom stereocenters. The van der Waals surface area contributed by atoms with E-state index in [1.165, 1.54) is 96.3 Å². The molecule has 260 valence electrons. The van der Waals surface area contributed by atoms with Crippen molar-refractivity contribution in [3.05, 3.63) is 48.6 Å². The molecule has 0 aromatic heterocycles. The van der Waals surface area contributed by atoms with E-state index in [4.69, 9.17) is 9.47 Å². The monoisotopic (exact) mass is 631 g/mol. The molecule has 0 radical (unpaired) electrons. The predicted molar refractivity (Wildman–Crippen MR) is 191 cm³/mol. The first-order valence-corrected chi connectivity index (χ1v) is 18.7. The molecule has 0 aromatic carbocycles. The zero-order valence-corrected chi connectivity index (χ0v) is 29.4. The van der Waals surface area contributed by atoms with Gasteiger partial charge in [0.05, 0.1) is 6.61 Å². The van der Waals surface area contributed by atoms with Gasteiger partial charge in [-0.25, -0.2) is 0 Å². The van der Waals surface area contributed by atoms with Crippen LogP contribution in [0, 0.1) is 0 Å². The van der Waals surface area contributed by atoms with Gasteiger partial charge in [-0.2, -0.15) is 0 Å². The summed E-state index contributed by atoms with van der Waals surface area (Å²) in [7, 11) is 0. The van der Waals surface area contributed by atoms with Crippen LogP contribution >= 0.6 is 0 Å². The van der Waals surface area contributed by atoms with Gasteiger partial charge in [0.1, 0.15) is 6.61 Å². The zero-order valence-electron chi connectivity index (χ0n) is 29.4. The molecule has 0 aromatic rings. The minimum atomic E-state index is -0.797. The first-order valence-electron chi connectivity index (χ1n) is 18.7. The van der Waals surface area contributed by atoms with Crippen molar-refractivity contribution in [2.24, 2.45) is 0 Å². The lowest BCUT2D eigenvalue weighted by Crippen LogP contribution is -2.28. The Bertz CT molecular complexity index is 767. The second-order valence-electron chi connectivity index (χ2n) is 12.3. The highest BCUT2D eigenvalue weighted by atomic mass is 16.6. The summed E-state index contributed by atoms with van der Waals surface area (Å²) < 4.78 is 10.5. The first kappa shape index (κ1) is 42.9. The summed E-state index contributed by atoms with van der Waals surface area (Å²) in [6.07, 6.45) is 44.5. The van der Waals surface area contributed by atoms with E-state index in [1.807, 2.05) is 0 Å². The Morgan fingerprint density at radius 3 is 1.40 bits per heavy atom. The topological polar surface area (TPSA) is 72.8 Å². The fraction of sp³-hybridized carbons (Fsp3) is 0.750. The number of ether oxygens (including phenoxy) is 2. The van der Waals surface area contributed by atoms with Crippen molar-refractivity contribution in [2.45, 2.75) is 180 Å². The molecular weight excluding hydrogens is 560 g/mol. The van der Waals surface area contributed by atoms with Gasteiger partial charge in [0.25, 0.3) is 0 Å². The van der Waals surface area contributed by atoms with Crippen molar-refractivity contribution in [1.82, 2.24) is 0 Å². The van der Waals surface area contributed by atoms with Gasteiger partial charge in [-0.15, -0.1) is 0 Å². The molecule has 0 amide bonds. The van der Waals surface area contributed by atoms with E-state index in [2.05, 4.69) is 62.5 Å². The van der Waals surface area contributed by atoms with E-state index in [0.29, 0.717) is 12.8 Å². The highest BCUT2D eigenvalue weighted by Crippen LogP contribution is 2.14. The third-order valence-corrected chi connectivity index (χ3v) is 7.88. The van der Waals surface area contributed by atoms with Crippen molar-refractivity contribution in [3.8, 4) is 0 Å². The van der Waals surface area contributed by atoms with Gasteiger partial charge in [0, 0.05) is 12.8 Å². The molecule has 0 heterocycles. The fourth-order valence-electron chi connectivity index (χ4n) is 5.02. The van der Waals surface area contributed by atoms with Crippen LogP contribution in [0.4, 0.5) is 0 Å². The molecule has 5 heteroatoms. The number of carbonyl (C=O) groups is 2. The molecule has 0 aliphatic heterocycles. The highest BCUT2D eigenvalue weighted by Gasteiger charge is 2.15. The van der Waals surface area contributed by atoms with Crippen LogP contribution in [0.25, 0.3) is 0 Å². The van der Waals surface area contributed by atoms with Gasteiger partial charge in [0.15, 0.2) is 6.10 Å². The normalized spacial score (nSPS) is 12.7. The number of aliphatic hydroxyl groups excluding tert-OH is 1. The molecule has 0 bridgehead atoms. The maximum Gasteiger partial charge on any atom is 0.306 e. The van der Waals surface area contributed by atoms with Crippen LogP contribution in [-0.4, -0.2) is 36.4 Å². The molecule has 0 spiro atoms. The van der Waals surface area contributed by atoms with Gasteiger partial charge >= 0.3 is 11.9 Å². The number of rotatable bonds is 33. The Kier molecular flexibility index (Phi) is 34.6. The summed E-state index contributed by atoms with van der Waals surface area (Å²) in [6, 6.07) is 0. The number of esters is 2. The van der Waals surface area contributed by atoms with Crippen molar-refractivity contribution in [3.63, 3.8) is 0 Å². The summed E-state index contributed by atoms with van der Waals surface area (Å²) in [4.78, 5) is 24.2. The van der Waals surface area contributed by atoms with E-state index in [1.54, 1.807) is 0 Å². The summed E-state index contributed by atoms with van der Waals surface area (Å²) in [5.74, 6) is -0.656. The molecule has 0 saturated carbocycles. The average Bonchev–Trinajstić information content (AvgIpc) is 3.04. The number of unbranched alkanes of at least 4 members (excludes halogenated alkanes) is 17. The molecule has 0 aliphatic carbocycles. The Labute approximate surface area is 278 Å². The maximum atomic E-state index is 12.1. The molecule has 0 fully saturated rings. The van der Waals surface area contributed by atoms with Crippen LogP contribution in [0.15, 0.2) is 48.6 Å². The maximum absolute atomic E-state index is 12.1. The number of aliphatic hydroxyl groups is 1. The van der Waals surface area contributed by atoms with Gasteiger partial charge in [-0.3, -0.25) is 9.59 Å². The number of hydrogen-bond donors (Lipinski definition) is 1. The molecule has 5 nitrogen and oxygen atoms in total. The van der Waals surface area contributed by atoms with E-state index >= 15 is 0 Å². The largest absolute Gasteiger partial charge is 0.462 e. The van der Waals surface area contributed by atoms with E-state index in [-0.39, 0.29) is 31.6 Å². The first-order chi connectivity index (χ1) is 22.1. The number of allylic oxidation sites excluding steroid dienone is 8. The smallest absolute Gasteiger partial charge is 0.306 e. The van der Waals surface area contributed by atoms with E-state index < -0.39 is 6.10 Å². The summed E-state index contributed by atoms with van der Waals surface area (Å²) in [5, 5.41) is 9.52. The van der Waals surface area contributed by atoms with Gasteiger partial charge in [0.2, 0.25) is 0 Å². The van der Waals surface area contributed by atoms with Crippen LogP contribution in [0.3, 0.4) is 0 Å². The Morgan fingerprint density at radius 2 is 0.911 bits per heavy atom. The van der Waals surface area contributed by atoms with E-state index in [0.717, 1.165) is 44.9 Å². The van der Waals surface area contributed by atoms with Crippen LogP contribution in [-0.2, 0) is 19.1 Å². The number of hydrogen-bond acceptors (Lipinski definition) is 5. The third-order valence-electron chi connectivity index (χ3n) is 7.88. The van der Waals surface area contributed by atoms with Gasteiger partial charge in [-0.1, -0.05) is 159 Å². The summed E-state index contributed by atoms with van der Waals surface area (Å²) in [5.41, 5.74) is 0. The predicted octanol–water partition coefficient (Wildman–Crippen LogP) is 11.5. The van der Waals surface area contributed by atoms with Gasteiger partial charge in [-0.05, 0) is 51.4 Å². The fourth-order valence-corrected chi connectivity index (χ4v) is 5.02. The zero-order chi connectivity index (χ0) is 32.9. The minimum Gasteiger partial charge on any atom is -0.462 e. The van der Waals surface area contributed by atoms with Crippen LogP contribution < -0.4 is 0 Å².